The van der Waals surface area contributed by atoms with Crippen molar-refractivity contribution in [3.8, 4) is 11.1 Å². The molecule has 1 aliphatic carbocycles. The molecule has 2 aromatic rings. The molecule has 0 atom stereocenters. The molecule has 0 bridgehead atoms. The zero-order chi connectivity index (χ0) is 20.1. The second-order valence-electron chi connectivity index (χ2n) is 7.12. The number of hydrogen-bond donors (Lipinski definition) is 1. The van der Waals surface area contributed by atoms with Gasteiger partial charge in [-0.25, -0.2) is 4.39 Å². The molecular formula is C22H18ClFO3. The molecule has 27 heavy (non-hydrogen) atoms. The number of Topliss-reactive ketones (excluding diaryl/α,β-unsaturated/α-hetero) is 2. The molecule has 3 nitrogen and oxygen atoms in total. The van der Waals surface area contributed by atoms with Gasteiger partial charge in [0, 0.05) is 5.56 Å². The normalized spacial score (nSPS) is 16.9. The van der Waals surface area contributed by atoms with Crippen LogP contribution >= 0.6 is 11.6 Å². The Bertz CT molecular complexity index is 1050. The molecule has 2 aromatic carbocycles. The van der Waals surface area contributed by atoms with Crippen LogP contribution < -0.4 is 0 Å². The predicted octanol–water partition coefficient (Wildman–Crippen LogP) is 5.46. The second kappa shape index (κ2) is 6.46. The fraction of sp³-hybridized carbons (Fsp3) is 0.182. The fourth-order valence-corrected chi connectivity index (χ4v) is 3.37. The number of hydrogen-bond acceptors (Lipinski definition) is 3. The van der Waals surface area contributed by atoms with E-state index in [1.54, 1.807) is 37.3 Å². The summed E-state index contributed by atoms with van der Waals surface area (Å²) in [5.74, 6) is -2.01. The summed E-state index contributed by atoms with van der Waals surface area (Å²) in [7, 11) is 0. The Morgan fingerprint density at radius 1 is 1.07 bits per heavy atom. The molecular weight excluding hydrogens is 367 g/mol. The smallest absolute Gasteiger partial charge is 0.180 e. The van der Waals surface area contributed by atoms with E-state index in [1.165, 1.54) is 19.9 Å². The van der Waals surface area contributed by atoms with Crippen molar-refractivity contribution in [2.75, 3.05) is 0 Å². The molecule has 0 spiro atoms. The summed E-state index contributed by atoms with van der Waals surface area (Å²) in [5.41, 5.74) is 0.498. The maximum atomic E-state index is 14.4. The number of aryl methyl sites for hydroxylation is 1. The molecule has 1 N–H and O–H groups in total. The Labute approximate surface area is 161 Å². The highest BCUT2D eigenvalue weighted by atomic mass is 35.5. The van der Waals surface area contributed by atoms with Crippen LogP contribution in [-0.2, 0) is 9.59 Å². The highest BCUT2D eigenvalue weighted by Crippen LogP contribution is 2.41. The molecule has 138 valence electrons. The number of aliphatic hydroxyl groups is 1. The molecule has 0 saturated heterocycles. The van der Waals surface area contributed by atoms with Gasteiger partial charge in [-0.15, -0.1) is 0 Å². The summed E-state index contributed by atoms with van der Waals surface area (Å²) < 4.78 is 14.4. The SMILES string of the molecule is C=C1C(=O)C(C)(C)C(=O)C(c2cc(-c3cccc(Cl)c3F)ccc2C)=C1O. The minimum absolute atomic E-state index is 0.00876. The van der Waals surface area contributed by atoms with E-state index in [1.807, 2.05) is 0 Å². The van der Waals surface area contributed by atoms with Gasteiger partial charge in [-0.1, -0.05) is 42.4 Å². The van der Waals surface area contributed by atoms with Gasteiger partial charge in [-0.3, -0.25) is 9.59 Å². The van der Waals surface area contributed by atoms with Crippen molar-refractivity contribution in [2.24, 2.45) is 5.41 Å². The average molecular weight is 385 g/mol. The maximum absolute atomic E-state index is 14.4. The molecule has 0 heterocycles. The lowest BCUT2D eigenvalue weighted by Gasteiger charge is -2.30. The van der Waals surface area contributed by atoms with Gasteiger partial charge in [0.15, 0.2) is 11.6 Å². The first-order chi connectivity index (χ1) is 12.6. The van der Waals surface area contributed by atoms with Gasteiger partial charge in [-0.2, -0.15) is 0 Å². The van der Waals surface area contributed by atoms with Gasteiger partial charge < -0.3 is 5.11 Å². The van der Waals surface area contributed by atoms with Crippen molar-refractivity contribution in [1.29, 1.82) is 0 Å². The molecule has 0 fully saturated rings. The number of ketones is 2. The monoisotopic (exact) mass is 384 g/mol. The van der Waals surface area contributed by atoms with Gasteiger partial charge in [0.25, 0.3) is 0 Å². The minimum Gasteiger partial charge on any atom is -0.506 e. The number of carbonyl (C=O) groups is 2. The maximum Gasteiger partial charge on any atom is 0.180 e. The minimum atomic E-state index is -1.33. The zero-order valence-electron chi connectivity index (χ0n) is 15.2. The summed E-state index contributed by atoms with van der Waals surface area (Å²) >= 11 is 5.87. The van der Waals surface area contributed by atoms with E-state index in [9.17, 15) is 19.1 Å². The number of aliphatic hydroxyl groups excluding tert-OH is 1. The summed E-state index contributed by atoms with van der Waals surface area (Å²) in [6, 6.07) is 9.72. The third-order valence-electron chi connectivity index (χ3n) is 4.93. The van der Waals surface area contributed by atoms with Crippen LogP contribution in [0.2, 0.25) is 5.02 Å². The van der Waals surface area contributed by atoms with Crippen LogP contribution in [0.15, 0.2) is 54.3 Å². The fourth-order valence-electron chi connectivity index (χ4n) is 3.19. The molecule has 0 aliphatic heterocycles. The standard InChI is InChI=1S/C22H18ClFO3/c1-11-8-9-13(14-6-5-7-16(23)18(14)24)10-15(11)17-19(25)12(2)20(26)22(3,4)21(17)27/h5-10,25H,2H2,1,3-4H3. The molecule has 0 saturated carbocycles. The van der Waals surface area contributed by atoms with Crippen LogP contribution in [0.3, 0.4) is 0 Å². The highest BCUT2D eigenvalue weighted by Gasteiger charge is 2.46. The molecule has 5 heteroatoms. The van der Waals surface area contributed by atoms with Crippen LogP contribution in [0.25, 0.3) is 16.7 Å². The van der Waals surface area contributed by atoms with Gasteiger partial charge >= 0.3 is 0 Å². The Morgan fingerprint density at radius 3 is 2.41 bits per heavy atom. The van der Waals surface area contributed by atoms with Crippen LogP contribution in [0.5, 0.6) is 0 Å². The summed E-state index contributed by atoms with van der Waals surface area (Å²) in [6.07, 6.45) is 0. The summed E-state index contributed by atoms with van der Waals surface area (Å²) in [5, 5.41) is 10.5. The Kier molecular flexibility index (Phi) is 4.56. The number of rotatable bonds is 2. The van der Waals surface area contributed by atoms with Crippen LogP contribution in [0, 0.1) is 18.2 Å². The van der Waals surface area contributed by atoms with Crippen molar-refractivity contribution < 1.29 is 19.1 Å². The first-order valence-corrected chi connectivity index (χ1v) is 8.72. The van der Waals surface area contributed by atoms with Crippen molar-refractivity contribution in [1.82, 2.24) is 0 Å². The molecule has 0 amide bonds. The van der Waals surface area contributed by atoms with Gasteiger partial charge in [-0.05, 0) is 49.6 Å². The molecule has 3 rings (SSSR count). The van der Waals surface area contributed by atoms with Gasteiger partial charge in [0.05, 0.1) is 21.6 Å². The van der Waals surface area contributed by atoms with Crippen molar-refractivity contribution in [3.05, 3.63) is 76.3 Å². The Hall–Kier alpha value is -2.72. The van der Waals surface area contributed by atoms with E-state index in [0.29, 0.717) is 16.7 Å². The summed E-state index contributed by atoms with van der Waals surface area (Å²) in [4.78, 5) is 25.3. The summed E-state index contributed by atoms with van der Waals surface area (Å²) in [6.45, 7) is 8.41. The van der Waals surface area contributed by atoms with Crippen molar-refractivity contribution >= 4 is 28.7 Å². The first-order valence-electron chi connectivity index (χ1n) is 8.35. The lowest BCUT2D eigenvalue weighted by molar-refractivity contribution is -0.133. The van der Waals surface area contributed by atoms with Crippen LogP contribution in [0.1, 0.15) is 25.0 Å². The van der Waals surface area contributed by atoms with E-state index in [4.69, 9.17) is 11.6 Å². The lowest BCUT2D eigenvalue weighted by atomic mass is 9.70. The number of halogens is 2. The Morgan fingerprint density at radius 2 is 1.74 bits per heavy atom. The predicted molar refractivity (Wildman–Crippen MR) is 104 cm³/mol. The van der Waals surface area contributed by atoms with E-state index in [0.717, 1.165) is 0 Å². The van der Waals surface area contributed by atoms with E-state index in [-0.39, 0.29) is 21.7 Å². The third-order valence-corrected chi connectivity index (χ3v) is 5.22. The van der Waals surface area contributed by atoms with Gasteiger partial charge in [0.1, 0.15) is 11.6 Å². The van der Waals surface area contributed by atoms with Gasteiger partial charge in [0.2, 0.25) is 0 Å². The third kappa shape index (κ3) is 2.90. The molecule has 0 unspecified atom stereocenters. The zero-order valence-corrected chi connectivity index (χ0v) is 15.9. The second-order valence-corrected chi connectivity index (χ2v) is 7.52. The molecule has 0 radical (unpaired) electrons. The average Bonchev–Trinajstić information content (AvgIpc) is 2.63. The van der Waals surface area contributed by atoms with Crippen molar-refractivity contribution in [2.45, 2.75) is 20.8 Å². The van der Waals surface area contributed by atoms with Crippen LogP contribution in [0.4, 0.5) is 4.39 Å². The lowest BCUT2D eigenvalue weighted by Crippen LogP contribution is -2.39. The van der Waals surface area contributed by atoms with E-state index >= 15 is 0 Å². The quantitative estimate of drug-likeness (QED) is 0.552. The molecule has 1 aliphatic rings. The topological polar surface area (TPSA) is 54.4 Å². The first kappa shape index (κ1) is 19.1. The van der Waals surface area contributed by atoms with Crippen LogP contribution in [-0.4, -0.2) is 16.7 Å². The highest BCUT2D eigenvalue weighted by molar-refractivity contribution is 6.37. The number of allylic oxidation sites excluding steroid dienone is 2. The number of carbonyl (C=O) groups excluding carboxylic acids is 2. The van der Waals surface area contributed by atoms with E-state index < -0.39 is 28.6 Å². The Balaban J connectivity index is 2.26. The van der Waals surface area contributed by atoms with E-state index in [2.05, 4.69) is 6.58 Å². The molecule has 0 aromatic heterocycles. The number of benzene rings is 2. The largest absolute Gasteiger partial charge is 0.506 e. The van der Waals surface area contributed by atoms with Crippen molar-refractivity contribution in [3.63, 3.8) is 0 Å².